The van der Waals surface area contributed by atoms with Gasteiger partial charge in [-0.1, -0.05) is 0 Å². The first-order chi connectivity index (χ1) is 13.7. The van der Waals surface area contributed by atoms with Crippen LogP contribution in [0, 0.1) is 5.82 Å². The average molecular weight is 385 g/mol. The number of hydrogen-bond donors (Lipinski definition) is 1. The lowest BCUT2D eigenvalue weighted by molar-refractivity contribution is 0.139. The molecule has 1 aliphatic heterocycles. The summed E-state index contributed by atoms with van der Waals surface area (Å²) in [6.07, 6.45) is 2.16. The van der Waals surface area contributed by atoms with Gasteiger partial charge in [-0.15, -0.1) is 0 Å². The second-order valence-electron chi connectivity index (χ2n) is 6.30. The summed E-state index contributed by atoms with van der Waals surface area (Å²) in [5.41, 5.74) is 1.25. The fraction of sp³-hybridized carbons (Fsp3) is 0.300. The molecule has 146 valence electrons. The van der Waals surface area contributed by atoms with E-state index in [1.807, 2.05) is 0 Å². The molecule has 1 aromatic heterocycles. The van der Waals surface area contributed by atoms with Gasteiger partial charge in [0.1, 0.15) is 12.4 Å². The molecule has 0 aliphatic carbocycles. The van der Waals surface area contributed by atoms with Crippen molar-refractivity contribution < 1.29 is 23.3 Å². The fourth-order valence-corrected chi connectivity index (χ4v) is 3.00. The molecule has 1 atom stereocenters. The zero-order valence-corrected chi connectivity index (χ0v) is 15.6. The summed E-state index contributed by atoms with van der Waals surface area (Å²) in [7, 11) is 3.27. The van der Waals surface area contributed by atoms with Crippen molar-refractivity contribution in [2.75, 3.05) is 32.7 Å². The molecule has 28 heavy (non-hydrogen) atoms. The van der Waals surface area contributed by atoms with Crippen LogP contribution in [0.15, 0.2) is 36.7 Å². The summed E-state index contributed by atoms with van der Waals surface area (Å²) in [6.45, 7) is 1.22. The van der Waals surface area contributed by atoms with E-state index >= 15 is 0 Å². The average Bonchev–Trinajstić information content (AvgIpc) is 3.22. The molecular formula is C20H20FN3O4. The minimum absolute atomic E-state index is 0.0244. The van der Waals surface area contributed by atoms with Crippen molar-refractivity contribution in [2.45, 2.75) is 12.5 Å². The second-order valence-corrected chi connectivity index (χ2v) is 6.30. The van der Waals surface area contributed by atoms with Crippen molar-refractivity contribution in [3.05, 3.63) is 42.5 Å². The van der Waals surface area contributed by atoms with E-state index in [0.29, 0.717) is 41.3 Å². The number of nitrogens with one attached hydrogen (secondary N) is 1. The molecule has 0 spiro atoms. The number of benzene rings is 2. The number of ether oxygens (including phenoxy) is 4. The molecule has 0 radical (unpaired) electrons. The largest absolute Gasteiger partial charge is 0.493 e. The summed E-state index contributed by atoms with van der Waals surface area (Å²) in [5, 5.41) is 3.47. The minimum atomic E-state index is -0.494. The third-order valence-electron chi connectivity index (χ3n) is 4.49. The van der Waals surface area contributed by atoms with Gasteiger partial charge < -0.3 is 24.3 Å². The van der Waals surface area contributed by atoms with E-state index in [4.69, 9.17) is 18.9 Å². The normalized spacial score (nSPS) is 16.2. The predicted octanol–water partition coefficient (Wildman–Crippen LogP) is 3.78. The SMILES string of the molecule is CNc1ccc(Oc2ncnc3cc(OC4CCOC4)c(OC)cc23)c(F)c1. The highest BCUT2D eigenvalue weighted by molar-refractivity contribution is 5.87. The van der Waals surface area contributed by atoms with Crippen LogP contribution in [0.3, 0.4) is 0 Å². The molecular weight excluding hydrogens is 365 g/mol. The van der Waals surface area contributed by atoms with E-state index in [-0.39, 0.29) is 17.7 Å². The number of aromatic nitrogens is 2. The van der Waals surface area contributed by atoms with E-state index in [1.54, 1.807) is 38.4 Å². The number of hydrogen-bond acceptors (Lipinski definition) is 7. The number of halogens is 1. The zero-order valence-electron chi connectivity index (χ0n) is 15.6. The summed E-state index contributed by atoms with van der Waals surface area (Å²) >= 11 is 0. The van der Waals surface area contributed by atoms with Crippen LogP contribution in [0.4, 0.5) is 10.1 Å². The Bertz CT molecular complexity index is 993. The second kappa shape index (κ2) is 7.85. The van der Waals surface area contributed by atoms with Gasteiger partial charge >= 0.3 is 0 Å². The Kier molecular flexibility index (Phi) is 5.12. The van der Waals surface area contributed by atoms with Gasteiger partial charge in [0.15, 0.2) is 23.1 Å². The monoisotopic (exact) mass is 385 g/mol. The minimum Gasteiger partial charge on any atom is -0.493 e. The van der Waals surface area contributed by atoms with Gasteiger partial charge in [0.2, 0.25) is 5.88 Å². The van der Waals surface area contributed by atoms with Crippen LogP contribution in [0.1, 0.15) is 6.42 Å². The Balaban J connectivity index is 1.69. The maximum atomic E-state index is 14.3. The number of rotatable bonds is 6. The van der Waals surface area contributed by atoms with Crippen LogP contribution < -0.4 is 19.5 Å². The zero-order chi connectivity index (χ0) is 19.5. The van der Waals surface area contributed by atoms with Crippen molar-refractivity contribution >= 4 is 16.6 Å². The molecule has 8 heteroatoms. The van der Waals surface area contributed by atoms with E-state index in [0.717, 1.165) is 6.42 Å². The highest BCUT2D eigenvalue weighted by atomic mass is 19.1. The van der Waals surface area contributed by atoms with Gasteiger partial charge in [0.05, 0.1) is 31.2 Å². The smallest absolute Gasteiger partial charge is 0.230 e. The third-order valence-corrected chi connectivity index (χ3v) is 4.49. The van der Waals surface area contributed by atoms with E-state index in [1.165, 1.54) is 12.4 Å². The van der Waals surface area contributed by atoms with Crippen molar-refractivity contribution in [1.29, 1.82) is 0 Å². The lowest BCUT2D eigenvalue weighted by atomic mass is 10.2. The fourth-order valence-electron chi connectivity index (χ4n) is 3.00. The number of anilines is 1. The van der Waals surface area contributed by atoms with Crippen LogP contribution >= 0.6 is 0 Å². The first kappa shape index (κ1) is 18.2. The number of fused-ring (bicyclic) bond motifs is 1. The van der Waals surface area contributed by atoms with E-state index < -0.39 is 5.82 Å². The summed E-state index contributed by atoms with van der Waals surface area (Å²) in [5.74, 6) is 0.896. The first-order valence-electron chi connectivity index (χ1n) is 8.90. The first-order valence-corrected chi connectivity index (χ1v) is 8.90. The molecule has 3 aromatic rings. The molecule has 2 heterocycles. The number of methoxy groups -OCH3 is 1. The summed E-state index contributed by atoms with van der Waals surface area (Å²) in [6, 6.07) is 8.12. The van der Waals surface area contributed by atoms with Crippen LogP contribution in [-0.2, 0) is 4.74 Å². The standard InChI is InChI=1S/C20H20FN3O4/c1-22-12-3-4-17(15(21)7-12)28-20-14-8-18(25-2)19(9-16(14)23-11-24-20)27-13-5-6-26-10-13/h3-4,7-9,11,13,22H,5-6,10H2,1-2H3. The van der Waals surface area contributed by atoms with Crippen LogP contribution in [0.2, 0.25) is 0 Å². The maximum absolute atomic E-state index is 14.3. The van der Waals surface area contributed by atoms with Crippen LogP contribution in [-0.4, -0.2) is 43.4 Å². The molecule has 1 unspecified atom stereocenters. The van der Waals surface area contributed by atoms with Gasteiger partial charge in [-0.2, -0.15) is 0 Å². The maximum Gasteiger partial charge on any atom is 0.230 e. The molecule has 2 aromatic carbocycles. The van der Waals surface area contributed by atoms with Crippen molar-refractivity contribution in [2.24, 2.45) is 0 Å². The lowest BCUT2D eigenvalue weighted by Gasteiger charge is -2.16. The third kappa shape index (κ3) is 3.63. The highest BCUT2D eigenvalue weighted by Gasteiger charge is 2.21. The molecule has 4 rings (SSSR count). The molecule has 0 bridgehead atoms. The molecule has 1 N–H and O–H groups in total. The van der Waals surface area contributed by atoms with Gasteiger partial charge in [-0.3, -0.25) is 0 Å². The Hall–Kier alpha value is -3.13. The van der Waals surface area contributed by atoms with E-state index in [9.17, 15) is 4.39 Å². The Morgan fingerprint density at radius 1 is 1.14 bits per heavy atom. The van der Waals surface area contributed by atoms with Crippen molar-refractivity contribution in [1.82, 2.24) is 9.97 Å². The molecule has 1 fully saturated rings. The highest BCUT2D eigenvalue weighted by Crippen LogP contribution is 2.37. The predicted molar refractivity (Wildman–Crippen MR) is 102 cm³/mol. The van der Waals surface area contributed by atoms with Crippen molar-refractivity contribution in [3.8, 4) is 23.1 Å². The Morgan fingerprint density at radius 2 is 2.04 bits per heavy atom. The lowest BCUT2D eigenvalue weighted by Crippen LogP contribution is -2.16. The van der Waals surface area contributed by atoms with Crippen molar-refractivity contribution in [3.63, 3.8) is 0 Å². The summed E-state index contributed by atoms with van der Waals surface area (Å²) < 4.78 is 36.8. The Morgan fingerprint density at radius 3 is 2.75 bits per heavy atom. The molecule has 1 saturated heterocycles. The van der Waals surface area contributed by atoms with Gasteiger partial charge in [0.25, 0.3) is 0 Å². The summed E-state index contributed by atoms with van der Waals surface area (Å²) in [4.78, 5) is 8.44. The topological polar surface area (TPSA) is 74.7 Å². The van der Waals surface area contributed by atoms with E-state index in [2.05, 4.69) is 15.3 Å². The van der Waals surface area contributed by atoms with Crippen LogP contribution in [0.25, 0.3) is 10.9 Å². The molecule has 7 nitrogen and oxygen atoms in total. The molecule has 1 aliphatic rings. The Labute approximate surface area is 161 Å². The quantitative estimate of drug-likeness (QED) is 0.692. The van der Waals surface area contributed by atoms with Gasteiger partial charge in [-0.05, 0) is 18.2 Å². The van der Waals surface area contributed by atoms with Gasteiger partial charge in [-0.25, -0.2) is 14.4 Å². The van der Waals surface area contributed by atoms with Crippen LogP contribution in [0.5, 0.6) is 23.1 Å². The van der Waals surface area contributed by atoms with Gasteiger partial charge in [0, 0.05) is 31.3 Å². The molecule has 0 amide bonds. The molecule has 0 saturated carbocycles. The number of nitrogens with zero attached hydrogens (tertiary/aromatic N) is 2.